The van der Waals surface area contributed by atoms with Gasteiger partial charge in [0.05, 0.1) is 19.1 Å². The Hall–Kier alpha value is -1.01. The third-order valence-electron chi connectivity index (χ3n) is 4.75. The number of ether oxygens (including phenoxy) is 1. The summed E-state index contributed by atoms with van der Waals surface area (Å²) in [5, 5.41) is 8.40. The van der Waals surface area contributed by atoms with Gasteiger partial charge < -0.3 is 9.84 Å². The predicted molar refractivity (Wildman–Crippen MR) is 131 cm³/mol. The third kappa shape index (κ3) is 25.6. The molecule has 1 N–H and O–H groups in total. The van der Waals surface area contributed by atoms with Crippen LogP contribution >= 0.6 is 0 Å². The molecule has 0 aliphatic carbocycles. The molecule has 0 saturated carbocycles. The second-order valence-electron chi connectivity index (χ2n) is 7.99. The molecule has 2 aromatic carbocycles. The number of benzene rings is 2. The Labute approximate surface area is 238 Å². The second kappa shape index (κ2) is 25.1. The van der Waals surface area contributed by atoms with Gasteiger partial charge in [-0.05, 0) is 18.9 Å². The average Bonchev–Trinajstić information content (AvgIpc) is 2.83. The van der Waals surface area contributed by atoms with Crippen LogP contribution in [0.25, 0.3) is 0 Å². The van der Waals surface area contributed by atoms with Gasteiger partial charge in [0.2, 0.25) is 0 Å². The van der Waals surface area contributed by atoms with Crippen molar-refractivity contribution in [3.63, 3.8) is 0 Å². The normalized spacial score (nSPS) is 10.0. The van der Waals surface area contributed by atoms with E-state index in [4.69, 9.17) is 9.84 Å². The van der Waals surface area contributed by atoms with Crippen molar-refractivity contribution < 1.29 is 71.7 Å². The summed E-state index contributed by atoms with van der Waals surface area (Å²) in [5.74, 6) is -1.47. The maximum absolute atomic E-state index is 11.1. The average molecular weight is 840 g/mol. The number of carboxylic acid groups (broad SMARTS) is 1. The van der Waals surface area contributed by atoms with E-state index in [1.165, 1.54) is 57.4 Å². The number of unbranched alkanes of at least 4 members (excludes halogenated alkanes) is 8. The van der Waals surface area contributed by atoms with Crippen molar-refractivity contribution in [2.75, 3.05) is 0 Å². The first-order valence-electron chi connectivity index (χ1n) is 12.3. The van der Waals surface area contributed by atoms with Crippen LogP contribution in [0.5, 0.6) is 0 Å². The zero-order chi connectivity index (χ0) is 25.3. The zero-order valence-corrected chi connectivity index (χ0v) is 31.8. The van der Waals surface area contributed by atoms with Gasteiger partial charge in [-0.1, -0.05) is 51.9 Å². The van der Waals surface area contributed by atoms with Crippen molar-refractivity contribution in [3.05, 3.63) is 73.0 Å². The monoisotopic (exact) mass is 842 g/mol. The molecule has 0 unspecified atom stereocenters. The Morgan fingerprint density at radius 3 is 1.65 bits per heavy atom. The third-order valence-corrected chi connectivity index (χ3v) is 8.41. The Morgan fingerprint density at radius 1 is 0.765 bits per heavy atom. The van der Waals surface area contributed by atoms with Crippen LogP contribution in [-0.2, 0) is 66.6 Å². The molecule has 2 rings (SSSR count). The van der Waals surface area contributed by atoms with E-state index in [1.807, 2.05) is 6.08 Å². The molecule has 0 saturated heterocycles. The van der Waals surface area contributed by atoms with Crippen molar-refractivity contribution in [2.45, 2.75) is 77.6 Å². The van der Waals surface area contributed by atoms with Gasteiger partial charge in [-0.25, -0.2) is 0 Å². The number of esters is 1. The molecule has 0 radical (unpaired) electrons. The Kier molecular flexibility index (Phi) is 24.3. The number of rotatable bonds is 13. The fourth-order valence-corrected chi connectivity index (χ4v) is 4.93. The zero-order valence-electron chi connectivity index (χ0n) is 20.8. The van der Waals surface area contributed by atoms with Gasteiger partial charge in [-0.15, -0.1) is 0 Å². The van der Waals surface area contributed by atoms with E-state index in [1.54, 1.807) is 0 Å². The van der Waals surface area contributed by atoms with Gasteiger partial charge in [0, 0.05) is 0 Å². The van der Waals surface area contributed by atoms with Crippen molar-refractivity contribution >= 4 is 18.1 Å². The van der Waals surface area contributed by atoms with E-state index in [0.717, 1.165) is 65.1 Å². The first kappa shape index (κ1) is 33.0. The quantitative estimate of drug-likeness (QED) is 0.114. The molecule has 0 amide bonds. The van der Waals surface area contributed by atoms with Gasteiger partial charge in [0.1, 0.15) is 0 Å². The topological polar surface area (TPSA) is 63.6 Å². The summed E-state index contributed by atoms with van der Waals surface area (Å²) < 4.78 is 7.81. The first-order chi connectivity index (χ1) is 16.5. The van der Waals surface area contributed by atoms with Gasteiger partial charge >= 0.3 is 131 Å². The number of allylic oxidation sites excluding steroid dienone is 1. The maximum atomic E-state index is 11.1. The Balaban J connectivity index is 0.000000619. The van der Waals surface area contributed by atoms with Crippen LogP contribution in [-0.4, -0.2) is 17.0 Å². The molecule has 0 atom stereocenters. The number of carboxylic acids is 1. The van der Waals surface area contributed by atoms with Crippen LogP contribution in [0, 0.1) is 0 Å². The number of carbonyl (C=O) groups excluding carboxylic acids is 1. The molecule has 178 valence electrons. The summed E-state index contributed by atoms with van der Waals surface area (Å²) in [5.41, 5.74) is 0. The van der Waals surface area contributed by atoms with Crippen LogP contribution in [0.3, 0.4) is 0 Å². The van der Waals surface area contributed by atoms with Crippen molar-refractivity contribution in [1.29, 1.82) is 0 Å². The molecular weight excluding hydrogens is 801 g/mol. The predicted octanol–water partition coefficient (Wildman–Crippen LogP) is 6.16. The van der Waals surface area contributed by atoms with E-state index in [-0.39, 0.29) is 12.8 Å². The molecule has 0 aliphatic rings. The van der Waals surface area contributed by atoms with E-state index in [2.05, 4.69) is 67.6 Å². The van der Waals surface area contributed by atoms with Gasteiger partial charge in [-0.2, -0.15) is 0 Å². The molecule has 6 heteroatoms. The van der Waals surface area contributed by atoms with Crippen LogP contribution in [0.2, 0.25) is 0 Å². The molecule has 0 heterocycles. The molecule has 4 nitrogen and oxygen atoms in total. The molecule has 0 aliphatic heterocycles. The van der Waals surface area contributed by atoms with E-state index >= 15 is 0 Å². The van der Waals surface area contributed by atoms with Crippen LogP contribution in [0.1, 0.15) is 77.6 Å². The summed E-state index contributed by atoms with van der Waals surface area (Å²) in [6, 6.07) is 21.1. The summed E-state index contributed by atoms with van der Waals surface area (Å²) in [4.78, 5) is 21.3. The SMILES string of the molecule is CCCCCCCCCCC=COC(=O)CCC(=O)O.[Hg][c]1ccccc1.[Hg][c]1ccccc1. The van der Waals surface area contributed by atoms with Crippen molar-refractivity contribution in [2.24, 2.45) is 0 Å². The van der Waals surface area contributed by atoms with Crippen LogP contribution < -0.4 is 6.14 Å². The molecule has 0 bridgehead atoms. The van der Waals surface area contributed by atoms with Crippen LogP contribution in [0.15, 0.2) is 73.0 Å². The number of hydrogen-bond donors (Lipinski definition) is 1. The molecular formula is C28H38Hg2O4. The fourth-order valence-electron chi connectivity index (χ4n) is 2.81. The first-order valence-corrected chi connectivity index (χ1v) is 17.8. The number of carbonyl (C=O) groups is 2. The number of hydrogen-bond acceptors (Lipinski definition) is 3. The molecule has 34 heavy (non-hydrogen) atoms. The summed E-state index contributed by atoms with van der Waals surface area (Å²) in [6.07, 6.45) is 14.1. The van der Waals surface area contributed by atoms with Crippen LogP contribution in [0.4, 0.5) is 0 Å². The molecule has 0 spiro atoms. The van der Waals surface area contributed by atoms with Gasteiger partial charge in [-0.3, -0.25) is 9.59 Å². The minimum absolute atomic E-state index is 0.0720. The minimum atomic E-state index is -0.982. The summed E-state index contributed by atoms with van der Waals surface area (Å²) in [6.45, 7) is 2.22. The van der Waals surface area contributed by atoms with Gasteiger partial charge in [0.15, 0.2) is 0 Å². The molecule has 0 fully saturated rings. The van der Waals surface area contributed by atoms with E-state index in [9.17, 15) is 9.59 Å². The molecule has 2 aromatic rings. The standard InChI is InChI=1S/C16H28O4.2C6H5.2Hg/c1-2-3-4-5-6-7-8-9-10-11-14-20-16(19)13-12-15(17)18;2*1-2-4-6-5-3-1;;/h11,14H,2-10,12-13H2,1H3,(H,17,18);2*1-5H;;. The Bertz CT molecular complexity index is 727. The van der Waals surface area contributed by atoms with Crippen molar-refractivity contribution in [3.8, 4) is 0 Å². The second-order valence-corrected chi connectivity index (χ2v) is 14.3. The van der Waals surface area contributed by atoms with Crippen molar-refractivity contribution in [1.82, 2.24) is 0 Å². The van der Waals surface area contributed by atoms with Gasteiger partial charge in [0.25, 0.3) is 0 Å². The Morgan fingerprint density at radius 2 is 1.24 bits per heavy atom. The van der Waals surface area contributed by atoms with E-state index in [0.29, 0.717) is 0 Å². The fraction of sp³-hybridized carbons (Fsp3) is 0.429. The summed E-state index contributed by atoms with van der Waals surface area (Å²) >= 11 is 1.62. The molecule has 0 aromatic heterocycles. The van der Waals surface area contributed by atoms with E-state index < -0.39 is 11.9 Å². The number of aliphatic carboxylic acids is 1. The summed E-state index contributed by atoms with van der Waals surface area (Å²) in [7, 11) is 0.